The summed E-state index contributed by atoms with van der Waals surface area (Å²) in [6.07, 6.45) is 2.69. The lowest BCUT2D eigenvalue weighted by Gasteiger charge is -2.37. The van der Waals surface area contributed by atoms with E-state index in [0.717, 1.165) is 32.4 Å². The number of hydrogen-bond acceptors (Lipinski definition) is 4. The molecule has 2 N–H and O–H groups in total. The smallest absolute Gasteiger partial charge is 0.323 e. The maximum atomic E-state index is 12.7. The van der Waals surface area contributed by atoms with Gasteiger partial charge in [0.25, 0.3) is 0 Å². The zero-order valence-corrected chi connectivity index (χ0v) is 13.0. The molecule has 1 rings (SSSR count). The molecule has 0 aliphatic carbocycles. The average Bonchev–Trinajstić information content (AvgIpc) is 2.49. The first-order valence-corrected chi connectivity index (χ1v) is 7.57. The summed E-state index contributed by atoms with van der Waals surface area (Å²) in [5.74, 6) is -0.999. The van der Waals surface area contributed by atoms with Crippen molar-refractivity contribution in [1.29, 1.82) is 0 Å². The standard InChI is InChI=1S/C14H27N3O4/c1-3-8-17(12-4-6-15-7-5-12)14(20)16(9-10-21-2)11-13(18)19/h12,15H,3-11H2,1-2H3,(H,18,19). The van der Waals surface area contributed by atoms with Crippen molar-refractivity contribution < 1.29 is 19.4 Å². The van der Waals surface area contributed by atoms with Gasteiger partial charge in [-0.3, -0.25) is 4.79 Å². The highest BCUT2D eigenvalue weighted by atomic mass is 16.5. The molecule has 1 fully saturated rings. The van der Waals surface area contributed by atoms with E-state index in [0.29, 0.717) is 19.7 Å². The van der Waals surface area contributed by atoms with Crippen LogP contribution in [0.4, 0.5) is 4.79 Å². The number of piperidine rings is 1. The Bertz CT molecular complexity index is 332. The maximum absolute atomic E-state index is 12.7. The van der Waals surface area contributed by atoms with Crippen molar-refractivity contribution >= 4 is 12.0 Å². The molecular weight excluding hydrogens is 274 g/mol. The van der Waals surface area contributed by atoms with Gasteiger partial charge < -0.3 is 25.0 Å². The molecule has 0 saturated carbocycles. The van der Waals surface area contributed by atoms with Crippen LogP contribution in [0.5, 0.6) is 0 Å². The second kappa shape index (κ2) is 9.57. The Balaban J connectivity index is 2.75. The average molecular weight is 301 g/mol. The van der Waals surface area contributed by atoms with E-state index < -0.39 is 5.97 Å². The number of amides is 2. The molecule has 0 aromatic carbocycles. The Hall–Kier alpha value is -1.34. The lowest BCUT2D eigenvalue weighted by molar-refractivity contribution is -0.137. The van der Waals surface area contributed by atoms with E-state index in [1.807, 2.05) is 11.8 Å². The van der Waals surface area contributed by atoms with Crippen LogP contribution >= 0.6 is 0 Å². The number of nitrogens with one attached hydrogen (secondary N) is 1. The van der Waals surface area contributed by atoms with Gasteiger partial charge in [0.05, 0.1) is 6.61 Å². The van der Waals surface area contributed by atoms with Crippen LogP contribution in [0.3, 0.4) is 0 Å². The van der Waals surface area contributed by atoms with E-state index in [4.69, 9.17) is 9.84 Å². The SMILES string of the molecule is CCCN(C(=O)N(CCOC)CC(=O)O)C1CCNCC1. The normalized spacial score (nSPS) is 15.7. The van der Waals surface area contributed by atoms with Crippen LogP contribution in [0.25, 0.3) is 0 Å². The van der Waals surface area contributed by atoms with E-state index in [9.17, 15) is 9.59 Å². The second-order valence-electron chi connectivity index (χ2n) is 5.27. The minimum absolute atomic E-state index is 0.191. The number of carboxylic acids is 1. The van der Waals surface area contributed by atoms with Crippen molar-refractivity contribution in [3.63, 3.8) is 0 Å². The van der Waals surface area contributed by atoms with Crippen LogP contribution in [0, 0.1) is 0 Å². The Labute approximate surface area is 126 Å². The predicted octanol–water partition coefficient (Wildman–Crippen LogP) is 0.603. The lowest BCUT2D eigenvalue weighted by atomic mass is 10.0. The van der Waals surface area contributed by atoms with Gasteiger partial charge in [0.2, 0.25) is 0 Å². The van der Waals surface area contributed by atoms with E-state index in [-0.39, 0.29) is 18.6 Å². The fourth-order valence-corrected chi connectivity index (χ4v) is 2.58. The van der Waals surface area contributed by atoms with E-state index in [1.165, 1.54) is 4.90 Å². The third kappa shape index (κ3) is 5.89. The minimum atomic E-state index is -0.999. The highest BCUT2D eigenvalue weighted by Crippen LogP contribution is 2.15. The molecule has 2 amide bonds. The number of hydrogen-bond donors (Lipinski definition) is 2. The Morgan fingerprint density at radius 2 is 1.95 bits per heavy atom. The number of carboxylic acid groups (broad SMARTS) is 1. The van der Waals surface area contributed by atoms with Gasteiger partial charge in [-0.15, -0.1) is 0 Å². The number of rotatable bonds is 8. The van der Waals surface area contributed by atoms with Gasteiger partial charge in [-0.25, -0.2) is 4.79 Å². The molecule has 122 valence electrons. The molecule has 1 aliphatic rings. The minimum Gasteiger partial charge on any atom is -0.480 e. The zero-order chi connectivity index (χ0) is 15.7. The summed E-state index contributed by atoms with van der Waals surface area (Å²) in [5.41, 5.74) is 0. The van der Waals surface area contributed by atoms with Crippen LogP contribution in [0.1, 0.15) is 26.2 Å². The molecule has 0 radical (unpaired) electrons. The van der Waals surface area contributed by atoms with Crippen molar-refractivity contribution in [1.82, 2.24) is 15.1 Å². The monoisotopic (exact) mass is 301 g/mol. The molecule has 0 spiro atoms. The van der Waals surface area contributed by atoms with Crippen molar-refractivity contribution in [3.05, 3.63) is 0 Å². The van der Waals surface area contributed by atoms with E-state index in [1.54, 1.807) is 7.11 Å². The number of ether oxygens (including phenoxy) is 1. The fourth-order valence-electron chi connectivity index (χ4n) is 2.58. The predicted molar refractivity (Wildman–Crippen MR) is 79.4 cm³/mol. The summed E-state index contributed by atoms with van der Waals surface area (Å²) in [4.78, 5) is 26.9. The Morgan fingerprint density at radius 3 is 2.48 bits per heavy atom. The van der Waals surface area contributed by atoms with E-state index >= 15 is 0 Å². The van der Waals surface area contributed by atoms with Gasteiger partial charge in [-0.2, -0.15) is 0 Å². The first-order chi connectivity index (χ1) is 10.1. The van der Waals surface area contributed by atoms with Gasteiger partial charge in [0.15, 0.2) is 0 Å². The number of carbonyl (C=O) groups excluding carboxylic acids is 1. The molecule has 7 nitrogen and oxygen atoms in total. The summed E-state index contributed by atoms with van der Waals surface area (Å²) < 4.78 is 4.97. The third-order valence-corrected chi connectivity index (χ3v) is 3.62. The molecule has 0 aromatic heterocycles. The molecular formula is C14H27N3O4. The first kappa shape index (κ1) is 17.7. The van der Waals surface area contributed by atoms with Crippen LogP contribution in [-0.4, -0.2) is 79.4 Å². The van der Waals surface area contributed by atoms with Crippen LogP contribution in [-0.2, 0) is 9.53 Å². The maximum Gasteiger partial charge on any atom is 0.323 e. The zero-order valence-electron chi connectivity index (χ0n) is 13.0. The van der Waals surface area contributed by atoms with Crippen LogP contribution in [0.15, 0.2) is 0 Å². The molecule has 7 heteroatoms. The topological polar surface area (TPSA) is 82.1 Å². The molecule has 1 aliphatic heterocycles. The molecule has 21 heavy (non-hydrogen) atoms. The molecule has 0 aromatic rings. The van der Waals surface area contributed by atoms with Crippen LogP contribution in [0.2, 0.25) is 0 Å². The van der Waals surface area contributed by atoms with Gasteiger partial charge in [-0.05, 0) is 32.4 Å². The molecule has 0 bridgehead atoms. The van der Waals surface area contributed by atoms with Crippen molar-refractivity contribution in [2.45, 2.75) is 32.2 Å². The molecule has 0 unspecified atom stereocenters. The van der Waals surface area contributed by atoms with Crippen LogP contribution < -0.4 is 5.32 Å². The Morgan fingerprint density at radius 1 is 1.29 bits per heavy atom. The number of carbonyl (C=O) groups is 2. The Kier molecular flexibility index (Phi) is 8.07. The van der Waals surface area contributed by atoms with E-state index in [2.05, 4.69) is 5.32 Å². The summed E-state index contributed by atoms with van der Waals surface area (Å²) in [5, 5.41) is 12.3. The summed E-state index contributed by atoms with van der Waals surface area (Å²) in [7, 11) is 1.54. The van der Waals surface area contributed by atoms with Crippen molar-refractivity contribution in [2.75, 3.05) is 46.4 Å². The van der Waals surface area contributed by atoms with Gasteiger partial charge >= 0.3 is 12.0 Å². The van der Waals surface area contributed by atoms with Crippen molar-refractivity contribution in [2.24, 2.45) is 0 Å². The second-order valence-corrected chi connectivity index (χ2v) is 5.27. The largest absolute Gasteiger partial charge is 0.480 e. The highest BCUT2D eigenvalue weighted by molar-refractivity contribution is 5.80. The molecule has 1 heterocycles. The number of nitrogens with zero attached hydrogens (tertiary/aromatic N) is 2. The van der Waals surface area contributed by atoms with Gasteiger partial charge in [0, 0.05) is 26.2 Å². The van der Waals surface area contributed by atoms with Crippen molar-refractivity contribution in [3.8, 4) is 0 Å². The number of aliphatic carboxylic acids is 1. The van der Waals surface area contributed by atoms with Gasteiger partial charge in [-0.1, -0.05) is 6.92 Å². The third-order valence-electron chi connectivity index (χ3n) is 3.62. The lowest BCUT2D eigenvalue weighted by Crippen LogP contribution is -2.53. The quantitative estimate of drug-likeness (QED) is 0.686. The highest BCUT2D eigenvalue weighted by Gasteiger charge is 2.29. The fraction of sp³-hybridized carbons (Fsp3) is 0.857. The first-order valence-electron chi connectivity index (χ1n) is 7.57. The number of urea groups is 1. The summed E-state index contributed by atoms with van der Waals surface area (Å²) in [6, 6.07) is 0.000685. The van der Waals surface area contributed by atoms with Gasteiger partial charge in [0.1, 0.15) is 6.54 Å². The summed E-state index contributed by atoms with van der Waals surface area (Å²) >= 11 is 0. The molecule has 1 saturated heterocycles. The number of methoxy groups -OCH3 is 1. The summed E-state index contributed by atoms with van der Waals surface area (Å²) in [6.45, 7) is 4.83. The molecule has 0 atom stereocenters.